The molecule has 2 rings (SSSR count). The molecule has 5 N–H and O–H groups in total. The predicted octanol–water partition coefficient (Wildman–Crippen LogP) is -0.661. The topological polar surface area (TPSA) is 127 Å². The molecular weight excluding hydrogens is 210 g/mol. The molecule has 1 aliphatic rings. The number of imidazole rings is 1. The molecule has 2 amide bonds. The van der Waals surface area contributed by atoms with Crippen LogP contribution in [-0.4, -0.2) is 28.0 Å². The first-order valence-electron chi connectivity index (χ1n) is 4.40. The molecule has 0 bridgehead atoms. The van der Waals surface area contributed by atoms with E-state index in [9.17, 15) is 9.59 Å². The number of nitrogens with two attached hydrogens (primary N) is 2. The minimum Gasteiger partial charge on any atom is -0.366 e. The lowest BCUT2D eigenvalue weighted by molar-refractivity contribution is -0.114. The third-order valence-corrected chi connectivity index (χ3v) is 1.73. The number of aromatic nitrogens is 2. The largest absolute Gasteiger partial charge is 0.366 e. The zero-order valence-corrected chi connectivity index (χ0v) is 8.38. The van der Waals surface area contributed by atoms with Crippen LogP contribution >= 0.6 is 0 Å². The van der Waals surface area contributed by atoms with Gasteiger partial charge < -0.3 is 16.5 Å². The maximum atomic E-state index is 10.3. The second-order valence-electron chi connectivity index (χ2n) is 2.88. The van der Waals surface area contributed by atoms with E-state index in [0.717, 1.165) is 0 Å². The van der Waals surface area contributed by atoms with Crippen molar-refractivity contribution in [2.24, 2.45) is 16.5 Å². The third-order valence-electron chi connectivity index (χ3n) is 1.73. The molecule has 0 unspecified atom stereocenters. The number of nitrogens with zero attached hydrogens (tertiary/aromatic N) is 2. The Morgan fingerprint density at radius 1 is 1.31 bits per heavy atom. The summed E-state index contributed by atoms with van der Waals surface area (Å²) in [6.45, 7) is 0. The van der Waals surface area contributed by atoms with Gasteiger partial charge in [-0.15, -0.1) is 0 Å². The van der Waals surface area contributed by atoms with Crippen LogP contribution in [-0.2, 0) is 4.79 Å². The van der Waals surface area contributed by atoms with Gasteiger partial charge in [0, 0.05) is 24.4 Å². The number of hydrogen-bond donors (Lipinski definition) is 3. The van der Waals surface area contributed by atoms with E-state index in [-0.39, 0.29) is 5.91 Å². The minimum atomic E-state index is -0.484. The molecule has 1 aromatic rings. The summed E-state index contributed by atoms with van der Waals surface area (Å²) in [5.74, 6) is -0.856. The van der Waals surface area contributed by atoms with Gasteiger partial charge in [-0.3, -0.25) is 14.6 Å². The van der Waals surface area contributed by atoms with Gasteiger partial charge in [0.2, 0.25) is 5.91 Å². The number of carbonyl (C=O) groups excluding carboxylic acids is 2. The molecule has 0 radical (unpaired) electrons. The molecule has 7 heteroatoms. The smallest absolute Gasteiger partial charge is 0.266 e. The monoisotopic (exact) mass is 221 g/mol. The molecule has 1 aliphatic heterocycles. The Hall–Kier alpha value is -2.44. The summed E-state index contributed by atoms with van der Waals surface area (Å²) in [6.07, 6.45) is 6.51. The highest BCUT2D eigenvalue weighted by Gasteiger charge is 2.04. The van der Waals surface area contributed by atoms with E-state index in [1.165, 1.54) is 18.7 Å². The first kappa shape index (κ1) is 11.6. The minimum absolute atomic E-state index is 0.338. The lowest BCUT2D eigenvalue weighted by atomic mass is 10.2. The van der Waals surface area contributed by atoms with Gasteiger partial charge in [0.25, 0.3) is 5.91 Å². The van der Waals surface area contributed by atoms with Crippen LogP contribution in [0.3, 0.4) is 0 Å². The Balaban J connectivity index is 0.000000160. The first-order valence-corrected chi connectivity index (χ1v) is 4.40. The molecular formula is C9H11N5O2. The third kappa shape index (κ3) is 3.37. The maximum Gasteiger partial charge on any atom is 0.266 e. The van der Waals surface area contributed by atoms with Gasteiger partial charge in [0.15, 0.2) is 0 Å². The van der Waals surface area contributed by atoms with Crippen molar-refractivity contribution in [3.8, 4) is 0 Å². The summed E-state index contributed by atoms with van der Waals surface area (Å²) in [5.41, 5.74) is 10.7. The average Bonchev–Trinajstić information content (AvgIpc) is 2.93. The highest BCUT2D eigenvalue weighted by molar-refractivity contribution is 5.96. The van der Waals surface area contributed by atoms with Crippen molar-refractivity contribution >= 4 is 18.0 Å². The van der Waals surface area contributed by atoms with Crippen molar-refractivity contribution in [3.63, 3.8) is 0 Å². The zero-order valence-electron chi connectivity index (χ0n) is 8.38. The van der Waals surface area contributed by atoms with Crippen molar-refractivity contribution in [1.82, 2.24) is 9.97 Å². The van der Waals surface area contributed by atoms with Gasteiger partial charge in [-0.1, -0.05) is 0 Å². The van der Waals surface area contributed by atoms with Crippen LogP contribution in [0.2, 0.25) is 0 Å². The van der Waals surface area contributed by atoms with E-state index in [4.69, 9.17) is 11.5 Å². The van der Waals surface area contributed by atoms with Gasteiger partial charge in [-0.2, -0.15) is 0 Å². The molecule has 1 aromatic heterocycles. The number of aliphatic imine (C=N–C) groups is 1. The van der Waals surface area contributed by atoms with Crippen molar-refractivity contribution in [2.75, 3.05) is 0 Å². The van der Waals surface area contributed by atoms with E-state index in [1.807, 2.05) is 0 Å². The Morgan fingerprint density at radius 2 is 2.06 bits per heavy atom. The van der Waals surface area contributed by atoms with Gasteiger partial charge in [0.05, 0.1) is 12.5 Å². The normalized spacial score (nSPS) is 12.6. The highest BCUT2D eigenvalue weighted by Crippen LogP contribution is 2.03. The molecule has 7 nitrogen and oxygen atoms in total. The first-order chi connectivity index (χ1) is 7.61. The molecule has 2 heterocycles. The molecule has 0 saturated carbocycles. The summed E-state index contributed by atoms with van der Waals surface area (Å²) in [6, 6.07) is 0. The van der Waals surface area contributed by atoms with Crippen molar-refractivity contribution in [1.29, 1.82) is 0 Å². The fourth-order valence-electron chi connectivity index (χ4n) is 0.901. The van der Waals surface area contributed by atoms with Crippen LogP contribution < -0.4 is 11.5 Å². The number of amides is 2. The molecule has 0 fully saturated rings. The molecule has 84 valence electrons. The number of hydrogen-bond acceptors (Lipinski definition) is 4. The van der Waals surface area contributed by atoms with E-state index in [1.54, 1.807) is 6.21 Å². The van der Waals surface area contributed by atoms with Crippen molar-refractivity contribution in [3.05, 3.63) is 30.0 Å². The van der Waals surface area contributed by atoms with E-state index in [2.05, 4.69) is 15.0 Å². The number of H-pyrrole nitrogens is 1. The second-order valence-corrected chi connectivity index (χ2v) is 2.88. The van der Waals surface area contributed by atoms with Crippen LogP contribution in [0.4, 0.5) is 0 Å². The summed E-state index contributed by atoms with van der Waals surface area (Å²) in [4.78, 5) is 30.3. The van der Waals surface area contributed by atoms with Crippen molar-refractivity contribution in [2.45, 2.75) is 6.42 Å². The second kappa shape index (κ2) is 5.44. The quantitative estimate of drug-likeness (QED) is 0.613. The van der Waals surface area contributed by atoms with Crippen LogP contribution in [0.5, 0.6) is 0 Å². The lowest BCUT2D eigenvalue weighted by Gasteiger charge is -1.86. The Morgan fingerprint density at radius 3 is 2.31 bits per heavy atom. The van der Waals surface area contributed by atoms with Gasteiger partial charge in [-0.25, -0.2) is 4.98 Å². The van der Waals surface area contributed by atoms with Gasteiger partial charge in [0.1, 0.15) is 5.69 Å². The molecule has 0 atom stereocenters. The summed E-state index contributed by atoms with van der Waals surface area (Å²) < 4.78 is 0. The molecule has 16 heavy (non-hydrogen) atoms. The van der Waals surface area contributed by atoms with Crippen molar-refractivity contribution < 1.29 is 9.59 Å². The molecule has 0 aromatic carbocycles. The fraction of sp³-hybridized carbons (Fsp3) is 0.111. The Kier molecular flexibility index (Phi) is 3.96. The van der Waals surface area contributed by atoms with E-state index in [0.29, 0.717) is 17.7 Å². The number of nitrogens with one attached hydrogen (secondary N) is 1. The molecule has 0 spiro atoms. The molecule has 0 saturated heterocycles. The highest BCUT2D eigenvalue weighted by atomic mass is 16.1. The van der Waals surface area contributed by atoms with Gasteiger partial charge in [-0.05, 0) is 0 Å². The van der Waals surface area contributed by atoms with Gasteiger partial charge >= 0.3 is 0 Å². The number of rotatable bonds is 2. The Labute approximate surface area is 91.3 Å². The number of primary amides is 2. The van der Waals surface area contributed by atoms with Crippen LogP contribution in [0, 0.1) is 0 Å². The summed E-state index contributed by atoms with van der Waals surface area (Å²) in [7, 11) is 0. The summed E-state index contributed by atoms with van der Waals surface area (Å²) in [5, 5.41) is 0. The number of carbonyl (C=O) groups is 2. The number of aromatic amines is 1. The van der Waals surface area contributed by atoms with E-state index >= 15 is 0 Å². The van der Waals surface area contributed by atoms with Crippen LogP contribution in [0.15, 0.2) is 29.3 Å². The SMILES string of the molecule is NC(=O)C1=CN=CC1.NC(=O)c1cnc[nH]1. The van der Waals surface area contributed by atoms with Crippen LogP contribution in [0.25, 0.3) is 0 Å². The van der Waals surface area contributed by atoms with Crippen LogP contribution in [0.1, 0.15) is 16.9 Å². The zero-order chi connectivity index (χ0) is 12.0. The average molecular weight is 221 g/mol. The fourth-order valence-corrected chi connectivity index (χ4v) is 0.901. The molecule has 0 aliphatic carbocycles. The maximum absolute atomic E-state index is 10.3. The Bertz CT molecular complexity index is 433. The summed E-state index contributed by atoms with van der Waals surface area (Å²) >= 11 is 0. The lowest BCUT2D eigenvalue weighted by Crippen LogP contribution is -2.12. The van der Waals surface area contributed by atoms with E-state index < -0.39 is 5.91 Å². The standard InChI is InChI=1S/C5H6N2O.C4H5N3O/c6-5(8)4-1-2-7-3-4;5-4(8)3-1-6-2-7-3/h2-3H,1H2,(H2,6,8);1-2H,(H2,5,8)(H,6,7). The predicted molar refractivity (Wildman–Crippen MR) is 57.5 cm³/mol.